The van der Waals surface area contributed by atoms with Crippen LogP contribution in [-0.2, 0) is 0 Å². The van der Waals surface area contributed by atoms with Crippen molar-refractivity contribution in [3.05, 3.63) is 57.2 Å². The van der Waals surface area contributed by atoms with Crippen molar-refractivity contribution in [2.24, 2.45) is 0 Å². The van der Waals surface area contributed by atoms with Crippen LogP contribution in [0.15, 0.2) is 0 Å². The van der Waals surface area contributed by atoms with Crippen LogP contribution in [0.4, 0.5) is 35.1 Å². The second kappa shape index (κ2) is 8.95. The second-order valence-corrected chi connectivity index (χ2v) is 5.93. The summed E-state index contributed by atoms with van der Waals surface area (Å²) in [5.41, 5.74) is -8.80. The Morgan fingerprint density at radius 2 is 0.714 bits per heavy atom. The molecule has 0 saturated heterocycles. The molecule has 0 spiro atoms. The Morgan fingerprint density at radius 3 is 0.943 bits per heavy atom. The van der Waals surface area contributed by atoms with Crippen LogP contribution in [0.1, 0.15) is 41.4 Å². The molecule has 0 aliphatic rings. The predicted molar refractivity (Wildman–Crippen MR) is 86.7 cm³/mol. The van der Waals surface area contributed by atoms with Crippen LogP contribution in [0.2, 0.25) is 0 Å². The normalized spacial score (nSPS) is 11.2. The van der Waals surface area contributed by atoms with E-state index in [0.717, 1.165) is 0 Å². The van der Waals surface area contributed by atoms with Crippen molar-refractivity contribution in [3.8, 4) is 11.5 Å². The Bertz CT molecular complexity index is 1210. The Morgan fingerprint density at radius 1 is 0.486 bits per heavy atom. The lowest BCUT2D eigenvalue weighted by Gasteiger charge is -2.21. The van der Waals surface area contributed by atoms with E-state index in [4.69, 9.17) is 20.4 Å². The van der Waals surface area contributed by atoms with E-state index < -0.39 is 98.8 Å². The van der Waals surface area contributed by atoms with E-state index in [1.165, 1.54) is 0 Å². The van der Waals surface area contributed by atoms with E-state index in [0.29, 0.717) is 0 Å². The molecule has 18 heteroatoms. The van der Waals surface area contributed by atoms with E-state index in [1.807, 2.05) is 0 Å². The minimum atomic E-state index is -5.79. The molecule has 2 aromatic carbocycles. The van der Waals surface area contributed by atoms with Gasteiger partial charge in [0.25, 0.3) is 0 Å². The number of alkyl halides is 2. The van der Waals surface area contributed by atoms with Crippen LogP contribution >= 0.6 is 0 Å². The highest BCUT2D eigenvalue weighted by Crippen LogP contribution is 2.38. The molecule has 0 saturated carbocycles. The van der Waals surface area contributed by atoms with Crippen molar-refractivity contribution in [3.63, 3.8) is 0 Å². The molecule has 0 aliphatic heterocycles. The Hall–Kier alpha value is -4.64. The molecule has 0 bridgehead atoms. The van der Waals surface area contributed by atoms with Gasteiger partial charge in [0.2, 0.25) is 23.1 Å². The van der Waals surface area contributed by atoms with Crippen molar-refractivity contribution >= 4 is 23.9 Å². The second-order valence-electron chi connectivity index (χ2n) is 5.93. The van der Waals surface area contributed by atoms with Crippen LogP contribution in [0.5, 0.6) is 11.5 Å². The molecular formula is C17H4F8O10. The van der Waals surface area contributed by atoms with E-state index in [2.05, 4.69) is 9.47 Å². The minimum absolute atomic E-state index is 2.17. The van der Waals surface area contributed by atoms with Gasteiger partial charge in [-0.25, -0.2) is 36.7 Å². The average Bonchev–Trinajstić information content (AvgIpc) is 2.72. The summed E-state index contributed by atoms with van der Waals surface area (Å²) in [5.74, 6) is -32.5. The van der Waals surface area contributed by atoms with Gasteiger partial charge < -0.3 is 29.9 Å². The number of carboxylic acid groups (broad SMARTS) is 4. The quantitative estimate of drug-likeness (QED) is 0.230. The fourth-order valence-electron chi connectivity index (χ4n) is 2.52. The maximum absolute atomic E-state index is 14.3. The molecule has 0 atom stereocenters. The monoisotopic (exact) mass is 520 g/mol. The zero-order valence-corrected chi connectivity index (χ0v) is 15.8. The van der Waals surface area contributed by atoms with Gasteiger partial charge in [-0.2, -0.15) is 8.78 Å². The van der Waals surface area contributed by atoms with Gasteiger partial charge in [0.05, 0.1) is 0 Å². The highest BCUT2D eigenvalue weighted by Gasteiger charge is 2.45. The number of carbonyl (C=O) groups is 4. The molecule has 0 radical (unpaired) electrons. The number of carboxylic acids is 4. The summed E-state index contributed by atoms with van der Waals surface area (Å²) in [6.07, 6.45) is -5.79. The average molecular weight is 520 g/mol. The lowest BCUT2D eigenvalue weighted by molar-refractivity contribution is -0.311. The van der Waals surface area contributed by atoms with Gasteiger partial charge in [0, 0.05) is 0 Å². The van der Waals surface area contributed by atoms with Gasteiger partial charge in [0.1, 0.15) is 22.3 Å². The van der Waals surface area contributed by atoms with Crippen molar-refractivity contribution in [1.29, 1.82) is 0 Å². The van der Waals surface area contributed by atoms with Crippen molar-refractivity contribution < 1.29 is 84.2 Å². The smallest absolute Gasteiger partial charge is 0.478 e. The Kier molecular flexibility index (Phi) is 6.81. The first kappa shape index (κ1) is 26.6. The molecule has 2 aromatic rings. The summed E-state index contributed by atoms with van der Waals surface area (Å²) >= 11 is 0. The van der Waals surface area contributed by atoms with Crippen molar-refractivity contribution in [1.82, 2.24) is 0 Å². The topological polar surface area (TPSA) is 168 Å². The van der Waals surface area contributed by atoms with Gasteiger partial charge in [-0.3, -0.25) is 0 Å². The molecule has 2 rings (SSSR count). The van der Waals surface area contributed by atoms with Crippen LogP contribution in [0.3, 0.4) is 0 Å². The van der Waals surface area contributed by atoms with Gasteiger partial charge in [-0.15, -0.1) is 8.78 Å². The number of ether oxygens (including phenoxy) is 2. The van der Waals surface area contributed by atoms with E-state index in [9.17, 15) is 54.3 Å². The van der Waals surface area contributed by atoms with Crippen LogP contribution in [0, 0.1) is 34.9 Å². The predicted octanol–water partition coefficient (Wildman–Crippen LogP) is 3.32. The highest BCUT2D eigenvalue weighted by atomic mass is 19.3. The molecular weight excluding hydrogens is 516 g/mol. The zero-order chi connectivity index (χ0) is 27.2. The third kappa shape index (κ3) is 4.57. The van der Waals surface area contributed by atoms with Crippen molar-refractivity contribution in [2.75, 3.05) is 0 Å². The number of hydrogen-bond acceptors (Lipinski definition) is 6. The summed E-state index contributed by atoms with van der Waals surface area (Å²) in [5, 5.41) is 35.1. The van der Waals surface area contributed by atoms with Gasteiger partial charge in [0.15, 0.2) is 23.3 Å². The molecule has 10 nitrogen and oxygen atoms in total. The van der Waals surface area contributed by atoms with Gasteiger partial charge >= 0.3 is 30.2 Å². The minimum Gasteiger partial charge on any atom is -0.478 e. The maximum atomic E-state index is 14.3. The number of benzene rings is 2. The van der Waals surface area contributed by atoms with Gasteiger partial charge in [-0.1, -0.05) is 0 Å². The van der Waals surface area contributed by atoms with Crippen LogP contribution in [0.25, 0.3) is 0 Å². The summed E-state index contributed by atoms with van der Waals surface area (Å²) in [6.45, 7) is 0. The lowest BCUT2D eigenvalue weighted by atomic mass is 10.0. The summed E-state index contributed by atoms with van der Waals surface area (Å²) < 4.78 is 119. The molecule has 188 valence electrons. The van der Waals surface area contributed by atoms with E-state index >= 15 is 0 Å². The summed E-state index contributed by atoms with van der Waals surface area (Å²) in [4.78, 5) is 43.8. The lowest BCUT2D eigenvalue weighted by Crippen LogP contribution is -2.35. The molecule has 0 aromatic heterocycles. The molecule has 0 fully saturated rings. The van der Waals surface area contributed by atoms with Gasteiger partial charge in [-0.05, 0) is 0 Å². The third-order valence-electron chi connectivity index (χ3n) is 3.86. The van der Waals surface area contributed by atoms with E-state index in [-0.39, 0.29) is 0 Å². The third-order valence-corrected chi connectivity index (χ3v) is 3.86. The summed E-state index contributed by atoms with van der Waals surface area (Å²) in [6, 6.07) is 0. The van der Waals surface area contributed by atoms with Crippen LogP contribution in [-0.4, -0.2) is 50.6 Å². The fraction of sp³-hybridized carbons (Fsp3) is 0.0588. The SMILES string of the molecule is O=C(O)c1c(F)c(F)c(OC(F)(F)Oc2c(F)c(F)c(C(=O)O)c(C(=O)O)c2F)c(F)c1C(=O)O. The first-order valence-electron chi connectivity index (χ1n) is 8.04. The fourth-order valence-corrected chi connectivity index (χ4v) is 2.52. The largest absolute Gasteiger partial charge is 0.586 e. The number of halogens is 8. The molecule has 4 N–H and O–H groups in total. The van der Waals surface area contributed by atoms with Crippen LogP contribution < -0.4 is 9.47 Å². The standard InChI is InChI=1S/C17H4F8O10/c18-5-1(13(26)27)3(15(30)31)7(20)11(9(5)22)34-17(24,25)35-12-8(21)4(16(32)33)2(14(28)29)6(19)10(12)23/h(H,26,27)(H,28,29)(H,30,31)(H,32,33). The first-order chi connectivity index (χ1) is 15.9. The number of rotatable bonds is 8. The number of hydrogen-bond donors (Lipinski definition) is 4. The zero-order valence-electron chi connectivity index (χ0n) is 15.8. The highest BCUT2D eigenvalue weighted by molar-refractivity contribution is 6.03. The molecule has 0 aliphatic carbocycles. The Labute approximate surface area is 184 Å². The number of aromatic carboxylic acids is 4. The van der Waals surface area contributed by atoms with E-state index in [1.54, 1.807) is 0 Å². The van der Waals surface area contributed by atoms with Crippen molar-refractivity contribution in [2.45, 2.75) is 6.29 Å². The summed E-state index contributed by atoms with van der Waals surface area (Å²) in [7, 11) is 0. The molecule has 35 heavy (non-hydrogen) atoms. The molecule has 0 unspecified atom stereocenters. The molecule has 0 amide bonds. The first-order valence-corrected chi connectivity index (χ1v) is 8.04. The molecule has 0 heterocycles. The maximum Gasteiger partial charge on any atom is 0.586 e. The Balaban J connectivity index is 2.70.